The van der Waals surface area contributed by atoms with Crippen molar-refractivity contribution in [2.45, 2.75) is 6.61 Å². The van der Waals surface area contributed by atoms with E-state index in [9.17, 15) is 0 Å². The van der Waals surface area contributed by atoms with Crippen LogP contribution in [0, 0.1) is 0 Å². The van der Waals surface area contributed by atoms with E-state index in [0.717, 1.165) is 11.1 Å². The van der Waals surface area contributed by atoms with Crippen LogP contribution < -0.4 is 0 Å². The van der Waals surface area contributed by atoms with Gasteiger partial charge in [0.1, 0.15) is 5.15 Å². The van der Waals surface area contributed by atoms with Crippen molar-refractivity contribution in [3.63, 3.8) is 0 Å². The van der Waals surface area contributed by atoms with Gasteiger partial charge < -0.3 is 5.11 Å². The van der Waals surface area contributed by atoms with Gasteiger partial charge in [-0.1, -0.05) is 17.7 Å². The normalized spacial score (nSPS) is 10.3. The number of aromatic nitrogens is 2. The summed E-state index contributed by atoms with van der Waals surface area (Å²) in [6.45, 7) is -0.104. The summed E-state index contributed by atoms with van der Waals surface area (Å²) < 4.78 is 0. The number of pyridine rings is 2. The van der Waals surface area contributed by atoms with Crippen LogP contribution in [0.25, 0.3) is 11.1 Å². The van der Waals surface area contributed by atoms with E-state index in [0.29, 0.717) is 10.8 Å². The summed E-state index contributed by atoms with van der Waals surface area (Å²) in [5.74, 6) is 0. The molecule has 3 nitrogen and oxygen atoms in total. The highest BCUT2D eigenvalue weighted by Gasteiger charge is 2.05. The third-order valence-corrected chi connectivity index (χ3v) is 2.33. The van der Waals surface area contributed by atoms with Gasteiger partial charge in [-0.3, -0.25) is 4.98 Å². The Bertz CT molecular complexity index is 459. The molecule has 0 spiro atoms. The lowest BCUT2D eigenvalue weighted by Crippen LogP contribution is -1.91. The zero-order valence-corrected chi connectivity index (χ0v) is 8.65. The van der Waals surface area contributed by atoms with E-state index in [-0.39, 0.29) is 6.61 Å². The van der Waals surface area contributed by atoms with Crippen LogP contribution in [0.3, 0.4) is 0 Å². The minimum Gasteiger partial charge on any atom is -0.390 e. The molecular formula is C11H9ClN2O. The van der Waals surface area contributed by atoms with Crippen molar-refractivity contribution in [2.75, 3.05) is 0 Å². The summed E-state index contributed by atoms with van der Waals surface area (Å²) in [6.07, 6.45) is 3.43. The maximum Gasteiger partial charge on any atom is 0.137 e. The highest BCUT2D eigenvalue weighted by Crippen LogP contribution is 2.25. The quantitative estimate of drug-likeness (QED) is 0.790. The van der Waals surface area contributed by atoms with Gasteiger partial charge in [-0.15, -0.1) is 0 Å². The summed E-state index contributed by atoms with van der Waals surface area (Å²) in [4.78, 5) is 8.06. The molecule has 0 amide bonds. The highest BCUT2D eigenvalue weighted by atomic mass is 35.5. The number of nitrogens with zero attached hydrogens (tertiary/aromatic N) is 2. The molecule has 0 fully saturated rings. The zero-order chi connectivity index (χ0) is 10.7. The fourth-order valence-corrected chi connectivity index (χ4v) is 1.58. The van der Waals surface area contributed by atoms with Gasteiger partial charge in [0.2, 0.25) is 0 Å². The Hall–Kier alpha value is -1.45. The molecular weight excluding hydrogens is 212 g/mol. The van der Waals surface area contributed by atoms with Crippen LogP contribution in [-0.2, 0) is 6.61 Å². The van der Waals surface area contributed by atoms with Gasteiger partial charge in [0, 0.05) is 23.5 Å². The monoisotopic (exact) mass is 220 g/mol. The Morgan fingerprint density at radius 1 is 1.27 bits per heavy atom. The first kappa shape index (κ1) is 10.1. The van der Waals surface area contributed by atoms with Crippen molar-refractivity contribution in [3.8, 4) is 11.1 Å². The SMILES string of the molecule is OCc1ccc(-c2cccnc2)c(Cl)n1. The van der Waals surface area contributed by atoms with Crippen LogP contribution in [0.2, 0.25) is 5.15 Å². The van der Waals surface area contributed by atoms with Crippen LogP contribution in [0.1, 0.15) is 5.69 Å². The minimum absolute atomic E-state index is 0.104. The Kier molecular flexibility index (Phi) is 2.94. The molecule has 0 unspecified atom stereocenters. The molecule has 2 aromatic heterocycles. The largest absolute Gasteiger partial charge is 0.390 e. The number of aliphatic hydroxyl groups is 1. The van der Waals surface area contributed by atoms with Gasteiger partial charge in [0.05, 0.1) is 12.3 Å². The predicted molar refractivity (Wildman–Crippen MR) is 58.4 cm³/mol. The van der Waals surface area contributed by atoms with Crippen molar-refractivity contribution in [3.05, 3.63) is 47.5 Å². The van der Waals surface area contributed by atoms with Crippen LogP contribution in [-0.4, -0.2) is 15.1 Å². The molecule has 0 saturated heterocycles. The van der Waals surface area contributed by atoms with Crippen LogP contribution in [0.4, 0.5) is 0 Å². The summed E-state index contributed by atoms with van der Waals surface area (Å²) >= 11 is 5.99. The summed E-state index contributed by atoms with van der Waals surface area (Å²) in [6, 6.07) is 7.33. The first-order chi connectivity index (χ1) is 7.31. The highest BCUT2D eigenvalue weighted by molar-refractivity contribution is 6.32. The molecule has 0 aliphatic carbocycles. The van der Waals surface area contributed by atoms with E-state index < -0.39 is 0 Å². The molecule has 2 heterocycles. The second-order valence-electron chi connectivity index (χ2n) is 3.04. The molecule has 0 aliphatic rings. The molecule has 0 saturated carbocycles. The third-order valence-electron chi connectivity index (χ3n) is 2.04. The smallest absolute Gasteiger partial charge is 0.137 e. The lowest BCUT2D eigenvalue weighted by Gasteiger charge is -2.04. The summed E-state index contributed by atoms with van der Waals surface area (Å²) in [5.41, 5.74) is 2.30. The molecule has 0 radical (unpaired) electrons. The molecule has 76 valence electrons. The first-order valence-electron chi connectivity index (χ1n) is 4.48. The average molecular weight is 221 g/mol. The molecule has 2 rings (SSSR count). The van der Waals surface area contributed by atoms with Crippen LogP contribution >= 0.6 is 11.6 Å². The summed E-state index contributed by atoms with van der Waals surface area (Å²) in [5, 5.41) is 9.27. The Morgan fingerprint density at radius 3 is 2.73 bits per heavy atom. The maximum absolute atomic E-state index is 8.89. The van der Waals surface area contributed by atoms with Gasteiger partial charge >= 0.3 is 0 Å². The van der Waals surface area contributed by atoms with Crippen LogP contribution in [0.15, 0.2) is 36.7 Å². The van der Waals surface area contributed by atoms with Crippen molar-refractivity contribution in [2.24, 2.45) is 0 Å². The minimum atomic E-state index is -0.104. The van der Waals surface area contributed by atoms with E-state index in [1.807, 2.05) is 18.2 Å². The molecule has 0 atom stereocenters. The summed E-state index contributed by atoms with van der Waals surface area (Å²) in [7, 11) is 0. The van der Waals surface area contributed by atoms with E-state index in [2.05, 4.69) is 9.97 Å². The number of hydrogen-bond acceptors (Lipinski definition) is 3. The fourth-order valence-electron chi connectivity index (χ4n) is 1.30. The molecule has 15 heavy (non-hydrogen) atoms. The molecule has 4 heteroatoms. The number of aliphatic hydroxyl groups excluding tert-OH is 1. The van der Waals surface area contributed by atoms with Crippen LogP contribution in [0.5, 0.6) is 0 Å². The molecule has 2 aromatic rings. The maximum atomic E-state index is 8.89. The van der Waals surface area contributed by atoms with Gasteiger partial charge in [-0.2, -0.15) is 0 Å². The lowest BCUT2D eigenvalue weighted by atomic mass is 10.1. The topological polar surface area (TPSA) is 46.0 Å². The van der Waals surface area contributed by atoms with Gasteiger partial charge in [-0.25, -0.2) is 4.98 Å². The van der Waals surface area contributed by atoms with Gasteiger partial charge in [0.15, 0.2) is 0 Å². The molecule has 0 bridgehead atoms. The Morgan fingerprint density at radius 2 is 2.13 bits per heavy atom. The first-order valence-corrected chi connectivity index (χ1v) is 4.86. The van der Waals surface area contributed by atoms with Gasteiger partial charge in [-0.05, 0) is 18.2 Å². The number of rotatable bonds is 2. The fraction of sp³-hybridized carbons (Fsp3) is 0.0909. The second-order valence-corrected chi connectivity index (χ2v) is 3.40. The Labute approximate surface area is 92.4 Å². The van der Waals surface area contributed by atoms with Crippen molar-refractivity contribution in [1.29, 1.82) is 0 Å². The van der Waals surface area contributed by atoms with E-state index >= 15 is 0 Å². The number of halogens is 1. The van der Waals surface area contributed by atoms with Crippen molar-refractivity contribution in [1.82, 2.24) is 9.97 Å². The average Bonchev–Trinajstić information content (AvgIpc) is 2.30. The van der Waals surface area contributed by atoms with Crippen molar-refractivity contribution >= 4 is 11.6 Å². The second kappa shape index (κ2) is 4.38. The number of hydrogen-bond donors (Lipinski definition) is 1. The van der Waals surface area contributed by atoms with E-state index in [1.165, 1.54) is 0 Å². The zero-order valence-electron chi connectivity index (χ0n) is 7.89. The van der Waals surface area contributed by atoms with E-state index in [1.54, 1.807) is 18.5 Å². The standard InChI is InChI=1S/C11H9ClN2O/c12-11-10(4-3-9(7-15)14-11)8-2-1-5-13-6-8/h1-6,15H,7H2. The van der Waals surface area contributed by atoms with Crippen molar-refractivity contribution < 1.29 is 5.11 Å². The lowest BCUT2D eigenvalue weighted by molar-refractivity contribution is 0.277. The molecule has 1 N–H and O–H groups in total. The predicted octanol–water partition coefficient (Wildman–Crippen LogP) is 2.29. The van der Waals surface area contributed by atoms with E-state index in [4.69, 9.17) is 16.7 Å². The van der Waals surface area contributed by atoms with Gasteiger partial charge in [0.25, 0.3) is 0 Å². The Balaban J connectivity index is 2.46. The third kappa shape index (κ3) is 2.14. The molecule has 0 aromatic carbocycles. The molecule has 0 aliphatic heterocycles.